The van der Waals surface area contributed by atoms with Gasteiger partial charge in [-0.1, -0.05) is 17.7 Å². The van der Waals surface area contributed by atoms with Gasteiger partial charge in [0.2, 0.25) is 5.88 Å². The van der Waals surface area contributed by atoms with E-state index in [9.17, 15) is 17.6 Å². The summed E-state index contributed by atoms with van der Waals surface area (Å²) in [6, 6.07) is 3.44. The molecule has 0 bridgehead atoms. The average Bonchev–Trinajstić information content (AvgIpc) is 3.74. The van der Waals surface area contributed by atoms with Crippen LogP contribution in [0.3, 0.4) is 0 Å². The van der Waals surface area contributed by atoms with Crippen LogP contribution in [0.2, 0.25) is 5.02 Å². The van der Waals surface area contributed by atoms with E-state index in [0.717, 1.165) is 25.2 Å². The van der Waals surface area contributed by atoms with Crippen molar-refractivity contribution in [2.24, 2.45) is 0 Å². The lowest BCUT2D eigenvalue weighted by Gasteiger charge is -2.35. The molecule has 7 heterocycles. The van der Waals surface area contributed by atoms with Crippen LogP contribution in [0.5, 0.6) is 11.9 Å². The van der Waals surface area contributed by atoms with Gasteiger partial charge in [0.25, 0.3) is 0 Å². The third-order valence-electron chi connectivity index (χ3n) is 10.1. The van der Waals surface area contributed by atoms with Crippen molar-refractivity contribution < 1.29 is 31.4 Å². The maximum absolute atomic E-state index is 17.1. The number of alkyl halides is 4. The topological polar surface area (TPSA) is 131 Å². The molecule has 0 unspecified atom stereocenters. The summed E-state index contributed by atoms with van der Waals surface area (Å²) in [4.78, 5) is 21.7. The molecule has 0 spiro atoms. The molecule has 262 valence electrons. The van der Waals surface area contributed by atoms with Gasteiger partial charge in [-0.15, -0.1) is 0 Å². The van der Waals surface area contributed by atoms with Crippen LogP contribution in [0.1, 0.15) is 50.3 Å². The fourth-order valence-electron chi connectivity index (χ4n) is 7.84. The summed E-state index contributed by atoms with van der Waals surface area (Å²) < 4.78 is 88.0. The van der Waals surface area contributed by atoms with Crippen LogP contribution in [-0.4, -0.2) is 79.1 Å². The first-order valence-corrected chi connectivity index (χ1v) is 16.5. The Hall–Kier alpha value is -4.57. The quantitative estimate of drug-likeness (QED) is 0.184. The number of nitrogens with two attached hydrogens (primary N) is 1. The number of pyridine rings is 2. The number of nitrogen functional groups attached to an aromatic ring is 1. The summed E-state index contributed by atoms with van der Waals surface area (Å²) in [6.07, 6.45) is -1.47. The maximum Gasteiger partial charge on any atom is 0.418 e. The molecule has 4 aromatic heterocycles. The number of fused-ring (bicyclic) bond motifs is 2. The van der Waals surface area contributed by atoms with E-state index in [1.165, 1.54) is 0 Å². The van der Waals surface area contributed by atoms with Crippen molar-refractivity contribution in [1.29, 1.82) is 0 Å². The van der Waals surface area contributed by atoms with Gasteiger partial charge in [-0.05, 0) is 45.4 Å². The largest absolute Gasteiger partial charge is 0.475 e. The molecule has 8 rings (SSSR count). The highest BCUT2D eigenvalue weighted by Crippen LogP contribution is 2.49. The molecule has 0 radical (unpaired) electrons. The van der Waals surface area contributed by atoms with Gasteiger partial charge in [-0.2, -0.15) is 28.2 Å². The van der Waals surface area contributed by atoms with Crippen LogP contribution in [0.25, 0.3) is 33.1 Å². The van der Waals surface area contributed by atoms with Gasteiger partial charge in [0, 0.05) is 35.7 Å². The van der Waals surface area contributed by atoms with Gasteiger partial charge >= 0.3 is 12.2 Å². The second-order valence-electron chi connectivity index (χ2n) is 13.2. The first-order valence-electron chi connectivity index (χ1n) is 16.1. The number of hydrogen-bond donors (Lipinski definition) is 2. The van der Waals surface area contributed by atoms with Crippen LogP contribution in [0, 0.1) is 5.82 Å². The highest BCUT2D eigenvalue weighted by Gasteiger charge is 2.49. The molecule has 3 aliphatic heterocycles. The summed E-state index contributed by atoms with van der Waals surface area (Å²) in [5, 5.41) is 5.78. The fraction of sp³-hybridized carbons (Fsp3) is 0.424. The van der Waals surface area contributed by atoms with E-state index in [2.05, 4.69) is 30.0 Å². The number of H-pyrrole nitrogens is 1. The third-order valence-corrected chi connectivity index (χ3v) is 10.4. The molecule has 5 aromatic rings. The molecule has 17 heteroatoms. The zero-order chi connectivity index (χ0) is 35.1. The zero-order valence-electron chi connectivity index (χ0n) is 26.9. The second-order valence-corrected chi connectivity index (χ2v) is 13.6. The molecule has 3 aliphatic rings. The van der Waals surface area contributed by atoms with Gasteiger partial charge < -0.3 is 20.1 Å². The number of hydrogen-bond acceptors (Lipinski definition) is 10. The molecule has 0 saturated carbocycles. The van der Waals surface area contributed by atoms with Crippen LogP contribution >= 0.6 is 11.6 Å². The van der Waals surface area contributed by atoms with Crippen molar-refractivity contribution in [2.75, 3.05) is 36.9 Å². The van der Waals surface area contributed by atoms with Crippen molar-refractivity contribution in [3.05, 3.63) is 52.6 Å². The minimum Gasteiger partial charge on any atom is -0.475 e. The number of ether oxygens (including phenoxy) is 2. The van der Waals surface area contributed by atoms with Gasteiger partial charge in [-0.3, -0.25) is 10.00 Å². The summed E-state index contributed by atoms with van der Waals surface area (Å²) in [6.45, 7) is 4.75. The molecule has 50 heavy (non-hydrogen) atoms. The molecule has 0 aliphatic carbocycles. The minimum absolute atomic E-state index is 0.0109. The lowest BCUT2D eigenvalue weighted by Crippen LogP contribution is -2.43. The average molecular weight is 716 g/mol. The summed E-state index contributed by atoms with van der Waals surface area (Å²) >= 11 is 6.19. The predicted octanol–water partition coefficient (Wildman–Crippen LogP) is 6.66. The standard InChI is InChI=1S/C33H31ClF5N9O2/c1-15-13-49-30-23-27(25(36)26(43-30)22-19-11-42-46-21(19)9-20(34)24(22)33(37,38)39)44-31(50-14-32-6-4-8-47(32)12-17(35)10-32)45-29(23)48(15)16(2)18-5-3-7-41-28(18)40/h3,5,7,9,11,15-17H,4,6,8,10,12-14H2,1-2H3,(H2,40,41)(H,42,46)/t15-,16+,17+,32-/m0/s1. The van der Waals surface area contributed by atoms with Crippen LogP contribution in [0.4, 0.5) is 33.6 Å². The molecule has 1 aromatic carbocycles. The number of aromatic nitrogens is 6. The zero-order valence-corrected chi connectivity index (χ0v) is 27.6. The summed E-state index contributed by atoms with van der Waals surface area (Å²) in [5.41, 5.74) is 3.51. The highest BCUT2D eigenvalue weighted by molar-refractivity contribution is 6.33. The number of halogens is 6. The third kappa shape index (κ3) is 5.13. The number of nitrogens with zero attached hydrogens (tertiary/aromatic N) is 7. The van der Waals surface area contributed by atoms with E-state index >= 15 is 4.39 Å². The molecule has 3 N–H and O–H groups in total. The van der Waals surface area contributed by atoms with Crippen molar-refractivity contribution in [2.45, 2.75) is 63.1 Å². The Labute approximate surface area is 286 Å². The smallest absolute Gasteiger partial charge is 0.418 e. The normalized spacial score (nSPS) is 22.9. The Bertz CT molecular complexity index is 2150. The number of aromatic amines is 1. The van der Waals surface area contributed by atoms with Crippen molar-refractivity contribution in [3.8, 4) is 23.1 Å². The van der Waals surface area contributed by atoms with Gasteiger partial charge in [0.15, 0.2) is 5.82 Å². The van der Waals surface area contributed by atoms with Crippen LogP contribution in [0.15, 0.2) is 30.6 Å². The number of nitrogens with one attached hydrogen (secondary N) is 1. The van der Waals surface area contributed by atoms with Crippen molar-refractivity contribution >= 4 is 45.0 Å². The van der Waals surface area contributed by atoms with E-state index in [1.54, 1.807) is 18.3 Å². The molecule has 2 fully saturated rings. The monoisotopic (exact) mass is 715 g/mol. The maximum atomic E-state index is 17.1. The Balaban J connectivity index is 1.37. The minimum atomic E-state index is -4.99. The molecule has 0 amide bonds. The molecule has 11 nitrogen and oxygen atoms in total. The SMILES string of the molecule is C[C@H](c1cccnc1N)N1c2nc(OC[C@@]34CCCN3C[C@H](F)C4)nc3c(F)c(-c4c(C(F)(F)F)c(Cl)cc5[nH]ncc45)nc(c23)OC[C@@H]1C. The Morgan fingerprint density at radius 2 is 2.08 bits per heavy atom. The van der Waals surface area contributed by atoms with E-state index < -0.39 is 57.6 Å². The van der Waals surface area contributed by atoms with Crippen molar-refractivity contribution in [1.82, 2.24) is 35.0 Å². The van der Waals surface area contributed by atoms with Gasteiger partial charge in [-0.25, -0.2) is 18.7 Å². The fourth-order valence-corrected chi connectivity index (χ4v) is 8.15. The number of rotatable bonds is 6. The summed E-state index contributed by atoms with van der Waals surface area (Å²) in [5.74, 6) is -0.916. The Kier molecular flexibility index (Phi) is 7.67. The van der Waals surface area contributed by atoms with E-state index in [-0.39, 0.29) is 71.5 Å². The lowest BCUT2D eigenvalue weighted by atomic mass is 9.95. The van der Waals surface area contributed by atoms with Gasteiger partial charge in [0.1, 0.15) is 47.6 Å². The summed E-state index contributed by atoms with van der Waals surface area (Å²) in [7, 11) is 0. The first kappa shape index (κ1) is 32.6. The van der Waals surface area contributed by atoms with Crippen LogP contribution in [-0.2, 0) is 6.18 Å². The van der Waals surface area contributed by atoms with Gasteiger partial charge in [0.05, 0.1) is 39.9 Å². The Morgan fingerprint density at radius 1 is 1.26 bits per heavy atom. The molecule has 2 saturated heterocycles. The molecular weight excluding hydrogens is 685 g/mol. The van der Waals surface area contributed by atoms with E-state index in [4.69, 9.17) is 31.8 Å². The molecular formula is C33H31ClF5N9O2. The molecule has 4 atom stereocenters. The van der Waals surface area contributed by atoms with Crippen LogP contribution < -0.4 is 20.1 Å². The second kappa shape index (κ2) is 11.8. The number of anilines is 2. The van der Waals surface area contributed by atoms with Crippen molar-refractivity contribution in [3.63, 3.8) is 0 Å². The highest BCUT2D eigenvalue weighted by atomic mass is 35.5. The lowest BCUT2D eigenvalue weighted by molar-refractivity contribution is -0.136. The predicted molar refractivity (Wildman–Crippen MR) is 175 cm³/mol. The van der Waals surface area contributed by atoms with E-state index in [1.807, 2.05) is 18.7 Å². The van der Waals surface area contributed by atoms with E-state index in [0.29, 0.717) is 12.0 Å². The number of benzene rings is 1. The first-order chi connectivity index (χ1) is 23.9. The Morgan fingerprint density at radius 3 is 2.86 bits per heavy atom.